The Morgan fingerprint density at radius 2 is 1.33 bits per heavy atom. The van der Waals surface area contributed by atoms with E-state index in [1.165, 1.54) is 41.7 Å². The van der Waals surface area contributed by atoms with E-state index in [1.54, 1.807) is 18.3 Å². The van der Waals surface area contributed by atoms with Crippen molar-refractivity contribution in [3.63, 3.8) is 0 Å². The zero-order valence-electron chi connectivity index (χ0n) is 29.2. The first-order chi connectivity index (χ1) is 24.9. The number of pyridine rings is 1. The Morgan fingerprint density at radius 1 is 0.609 bits per heavy atom. The second-order valence-electron chi connectivity index (χ2n) is 11.2. The van der Waals surface area contributed by atoms with E-state index in [0.717, 1.165) is 22.3 Å². The van der Waals surface area contributed by atoms with Gasteiger partial charge in [0.15, 0.2) is 5.82 Å². The van der Waals surface area contributed by atoms with E-state index in [0.29, 0.717) is 16.9 Å². The van der Waals surface area contributed by atoms with Gasteiger partial charge >= 0.3 is 0 Å². The number of aromatic nitrogens is 4. The van der Waals surface area contributed by atoms with Crippen molar-refractivity contribution < 1.29 is 6.85 Å². The molecule has 0 saturated carbocycles. The number of para-hydroxylation sites is 1. The van der Waals surface area contributed by atoms with Crippen LogP contribution in [0.4, 0.5) is 0 Å². The fourth-order valence-corrected chi connectivity index (χ4v) is 8.05. The summed E-state index contributed by atoms with van der Waals surface area (Å²) in [5, 5.41) is 7.37. The molecule has 0 radical (unpaired) electrons. The maximum atomic E-state index is 8.64. The molecule has 6 aromatic carbocycles. The lowest BCUT2D eigenvalue weighted by Crippen LogP contribution is -1.98. The zero-order chi connectivity index (χ0) is 34.5. The molecule has 0 aliphatic heterocycles. The Labute approximate surface area is 274 Å². The van der Waals surface area contributed by atoms with Crippen molar-refractivity contribution in [1.82, 2.24) is 19.5 Å². The summed E-state index contributed by atoms with van der Waals surface area (Å²) in [5.41, 5.74) is 5.02. The highest BCUT2D eigenvalue weighted by Crippen LogP contribution is 2.47. The van der Waals surface area contributed by atoms with Crippen LogP contribution in [-0.4, -0.2) is 19.5 Å². The molecule has 0 aliphatic rings. The number of thiophene rings is 1. The van der Waals surface area contributed by atoms with Crippen molar-refractivity contribution >= 4 is 75.1 Å². The number of hydrogen-bond acceptors (Lipinski definition) is 4. The first-order valence-electron chi connectivity index (χ1n) is 17.5. The van der Waals surface area contributed by atoms with Crippen LogP contribution in [0.1, 0.15) is 6.85 Å². The molecule has 4 aromatic heterocycles. The molecule has 0 aliphatic carbocycles. The average Bonchev–Trinajstić information content (AvgIpc) is 3.73. The third kappa shape index (κ3) is 3.63. The van der Waals surface area contributed by atoms with E-state index in [2.05, 4.69) is 94.5 Å². The molecule has 0 unspecified atom stereocenters. The second kappa shape index (κ2) is 9.80. The van der Waals surface area contributed by atoms with Crippen LogP contribution < -0.4 is 0 Å². The van der Waals surface area contributed by atoms with Crippen LogP contribution in [-0.2, 0) is 0 Å². The van der Waals surface area contributed by atoms with Gasteiger partial charge in [0.05, 0.1) is 28.1 Å². The number of hydrogen-bond donors (Lipinski definition) is 0. The van der Waals surface area contributed by atoms with Gasteiger partial charge < -0.3 is 4.57 Å². The molecule has 4 nitrogen and oxygen atoms in total. The van der Waals surface area contributed by atoms with E-state index in [4.69, 9.17) is 16.8 Å². The Bertz CT molecular complexity index is 3070. The Balaban J connectivity index is 1.22. The lowest BCUT2D eigenvalue weighted by molar-refractivity contribution is 1.18. The van der Waals surface area contributed by atoms with Gasteiger partial charge in [-0.2, -0.15) is 0 Å². The molecule has 0 bridgehead atoms. The molecule has 10 rings (SSSR count). The van der Waals surface area contributed by atoms with Gasteiger partial charge in [-0.25, -0.2) is 9.97 Å². The molecule has 5 heteroatoms. The fourth-order valence-electron chi connectivity index (χ4n) is 6.79. The van der Waals surface area contributed by atoms with E-state index in [9.17, 15) is 0 Å². The summed E-state index contributed by atoms with van der Waals surface area (Å²) < 4.78 is 46.7. The van der Waals surface area contributed by atoms with E-state index >= 15 is 0 Å². The van der Waals surface area contributed by atoms with Gasteiger partial charge in [-0.3, -0.25) is 4.98 Å². The maximum Gasteiger partial charge on any atom is 0.160 e. The van der Waals surface area contributed by atoms with Crippen LogP contribution in [0.25, 0.3) is 92.1 Å². The highest BCUT2D eigenvalue weighted by molar-refractivity contribution is 7.27. The summed E-state index contributed by atoms with van der Waals surface area (Å²) in [7, 11) is 0. The van der Waals surface area contributed by atoms with Gasteiger partial charge in [0.1, 0.15) is 11.2 Å². The standard InChI is InChI=1S/C41H24N4S/c1-2-11-25(12-3-1)37-38-32(17-10-24-42-38)43-41(44-37)26-20-22-27(23-21-26)45-33-18-8-6-15-30(33)35-28-13-4-5-14-29(28)36-31-16-7-9-19-34(31)46-40(36)39(35)45/h1-24H/i1D,2D,3D,11D,12D. The van der Waals surface area contributed by atoms with Crippen molar-refractivity contribution in [2.24, 2.45) is 0 Å². The summed E-state index contributed by atoms with van der Waals surface area (Å²) in [4.78, 5) is 14.1. The summed E-state index contributed by atoms with van der Waals surface area (Å²) in [6.07, 6.45) is 1.58. The number of nitrogens with zero attached hydrogens (tertiary/aromatic N) is 4. The van der Waals surface area contributed by atoms with Crippen LogP contribution in [0, 0.1) is 0 Å². The minimum atomic E-state index is -0.457. The second-order valence-corrected chi connectivity index (χ2v) is 12.3. The number of rotatable bonds is 3. The van der Waals surface area contributed by atoms with Gasteiger partial charge in [-0.15, -0.1) is 11.3 Å². The fraction of sp³-hybridized carbons (Fsp3) is 0. The third-order valence-corrected chi connectivity index (χ3v) is 9.90. The van der Waals surface area contributed by atoms with Gasteiger partial charge in [0, 0.05) is 49.3 Å². The average molecular weight is 610 g/mol. The summed E-state index contributed by atoms with van der Waals surface area (Å²) >= 11 is 1.82. The SMILES string of the molecule is [2H]c1c([2H])c([2H])c(-c2nc(-c3ccc(-n4c5ccccc5c5c6ccccc6c6c7ccccc7sc6c54)cc3)nc3cccnc23)c([2H])c1[2H]. The Kier molecular flexibility index (Phi) is 4.46. The van der Waals surface area contributed by atoms with Crippen LogP contribution >= 0.6 is 11.3 Å². The van der Waals surface area contributed by atoms with Crippen LogP contribution in [0.2, 0.25) is 0 Å². The van der Waals surface area contributed by atoms with Gasteiger partial charge in [-0.1, -0.05) is 90.9 Å². The molecular formula is C41H24N4S. The van der Waals surface area contributed by atoms with E-state index in [1.807, 2.05) is 23.5 Å². The molecule has 0 N–H and O–H groups in total. The van der Waals surface area contributed by atoms with Crippen LogP contribution in [0.15, 0.2) is 146 Å². The molecule has 214 valence electrons. The largest absolute Gasteiger partial charge is 0.308 e. The first-order valence-corrected chi connectivity index (χ1v) is 15.8. The van der Waals surface area contributed by atoms with Crippen molar-refractivity contribution in [3.8, 4) is 28.3 Å². The predicted octanol–water partition coefficient (Wildman–Crippen LogP) is 11.0. The van der Waals surface area contributed by atoms with Gasteiger partial charge in [0.25, 0.3) is 0 Å². The topological polar surface area (TPSA) is 43.6 Å². The van der Waals surface area contributed by atoms with Crippen LogP contribution in [0.5, 0.6) is 0 Å². The van der Waals surface area contributed by atoms with Gasteiger partial charge in [0.2, 0.25) is 0 Å². The van der Waals surface area contributed by atoms with Crippen molar-refractivity contribution in [2.45, 2.75) is 0 Å². The summed E-state index contributed by atoms with van der Waals surface area (Å²) in [6.45, 7) is 0. The lowest BCUT2D eigenvalue weighted by atomic mass is 9.99. The van der Waals surface area contributed by atoms with Crippen LogP contribution in [0.3, 0.4) is 0 Å². The van der Waals surface area contributed by atoms with Crippen molar-refractivity contribution in [1.29, 1.82) is 0 Å². The summed E-state index contributed by atoms with van der Waals surface area (Å²) in [6, 6.07) is 35.5. The highest BCUT2D eigenvalue weighted by Gasteiger charge is 2.21. The van der Waals surface area contributed by atoms with Crippen molar-refractivity contribution in [3.05, 3.63) is 146 Å². The minimum absolute atomic E-state index is 0.00479. The zero-order valence-corrected chi connectivity index (χ0v) is 25.0. The molecule has 0 saturated heterocycles. The monoisotopic (exact) mass is 609 g/mol. The Morgan fingerprint density at radius 3 is 2.15 bits per heavy atom. The smallest absolute Gasteiger partial charge is 0.160 e. The number of benzene rings is 6. The quantitative estimate of drug-likeness (QED) is 0.200. The van der Waals surface area contributed by atoms with Crippen molar-refractivity contribution in [2.75, 3.05) is 0 Å². The Hall–Kier alpha value is -5.91. The lowest BCUT2D eigenvalue weighted by Gasteiger charge is -2.12. The summed E-state index contributed by atoms with van der Waals surface area (Å²) in [5.74, 6) is 0.365. The maximum absolute atomic E-state index is 8.64. The number of fused-ring (bicyclic) bond motifs is 11. The third-order valence-electron chi connectivity index (χ3n) is 8.73. The molecule has 0 spiro atoms. The first kappa shape index (κ1) is 20.9. The van der Waals surface area contributed by atoms with Gasteiger partial charge in [-0.05, 0) is 59.3 Å². The molecule has 46 heavy (non-hydrogen) atoms. The van der Waals surface area contributed by atoms with E-state index < -0.39 is 18.1 Å². The molecule has 0 atom stereocenters. The minimum Gasteiger partial charge on any atom is -0.308 e. The molecular weight excluding hydrogens is 581 g/mol. The molecule has 0 fully saturated rings. The van der Waals surface area contributed by atoms with E-state index in [-0.39, 0.29) is 23.3 Å². The highest BCUT2D eigenvalue weighted by atomic mass is 32.1. The molecule has 4 heterocycles. The normalized spacial score (nSPS) is 13.4. The predicted molar refractivity (Wildman–Crippen MR) is 193 cm³/mol. The molecule has 10 aromatic rings. The molecule has 0 amide bonds.